The van der Waals surface area contributed by atoms with Gasteiger partial charge in [-0.05, 0) is 6.42 Å². The van der Waals surface area contributed by atoms with Crippen LogP contribution in [0.4, 0.5) is 0 Å². The van der Waals surface area contributed by atoms with Crippen molar-refractivity contribution >= 4 is 12.6 Å². The molecule has 0 aromatic heterocycles. The van der Waals surface area contributed by atoms with Crippen molar-refractivity contribution in [3.05, 3.63) is 11.5 Å². The zero-order chi connectivity index (χ0) is 13.9. The standard InChI is InChI=1S/C14H21BN2O2/c1-3-6-15(2)12-4-7-17(8-5-12)13(18)14(9-16)10-19-11-14/h4H,3,5-8,10-11H2,1-2H3. The predicted octanol–water partition coefficient (Wildman–Crippen LogP) is 1.76. The molecule has 4 nitrogen and oxygen atoms in total. The van der Waals surface area contributed by atoms with Crippen molar-refractivity contribution in [3.63, 3.8) is 0 Å². The minimum atomic E-state index is -0.902. The summed E-state index contributed by atoms with van der Waals surface area (Å²) in [6.45, 7) is 6.95. The van der Waals surface area contributed by atoms with E-state index in [-0.39, 0.29) is 19.1 Å². The van der Waals surface area contributed by atoms with E-state index in [0.717, 1.165) is 13.0 Å². The Balaban J connectivity index is 1.96. The van der Waals surface area contributed by atoms with Gasteiger partial charge in [-0.2, -0.15) is 5.26 Å². The predicted molar refractivity (Wildman–Crippen MR) is 74.9 cm³/mol. The lowest BCUT2D eigenvalue weighted by Crippen LogP contribution is -2.55. The van der Waals surface area contributed by atoms with Crippen LogP contribution >= 0.6 is 0 Å². The highest BCUT2D eigenvalue weighted by atomic mass is 16.5. The lowest BCUT2D eigenvalue weighted by Gasteiger charge is -2.39. The molecule has 0 radical (unpaired) electrons. The first-order chi connectivity index (χ1) is 9.13. The van der Waals surface area contributed by atoms with Crippen LogP contribution in [0.25, 0.3) is 0 Å². The molecule has 1 amide bonds. The summed E-state index contributed by atoms with van der Waals surface area (Å²) in [7, 11) is 0. The molecule has 0 spiro atoms. The van der Waals surface area contributed by atoms with Gasteiger partial charge in [-0.15, -0.1) is 5.47 Å². The van der Waals surface area contributed by atoms with Gasteiger partial charge in [0.1, 0.15) is 0 Å². The van der Waals surface area contributed by atoms with Crippen LogP contribution in [0.1, 0.15) is 19.8 Å². The number of hydrogen-bond donors (Lipinski definition) is 0. The smallest absolute Gasteiger partial charge is 0.248 e. The van der Waals surface area contributed by atoms with Crippen molar-refractivity contribution in [1.82, 2.24) is 4.90 Å². The molecule has 0 bridgehead atoms. The molecular weight excluding hydrogens is 239 g/mol. The highest BCUT2D eigenvalue weighted by Gasteiger charge is 2.48. The quantitative estimate of drug-likeness (QED) is 0.724. The van der Waals surface area contributed by atoms with E-state index in [1.807, 2.05) is 0 Å². The van der Waals surface area contributed by atoms with E-state index in [4.69, 9.17) is 10.00 Å². The van der Waals surface area contributed by atoms with E-state index in [1.54, 1.807) is 4.90 Å². The summed E-state index contributed by atoms with van der Waals surface area (Å²) in [6, 6.07) is 2.13. The maximum atomic E-state index is 12.3. The second-order valence-electron chi connectivity index (χ2n) is 5.66. The fraction of sp³-hybridized carbons (Fsp3) is 0.714. The molecule has 1 saturated heterocycles. The number of carbonyl (C=O) groups excluding carboxylic acids is 1. The Labute approximate surface area is 115 Å². The van der Waals surface area contributed by atoms with E-state index in [9.17, 15) is 4.79 Å². The monoisotopic (exact) mass is 260 g/mol. The molecule has 2 heterocycles. The number of nitrogens with zero attached hydrogens (tertiary/aromatic N) is 2. The van der Waals surface area contributed by atoms with Crippen molar-refractivity contribution in [1.29, 1.82) is 5.26 Å². The molecule has 19 heavy (non-hydrogen) atoms. The first-order valence-corrected chi connectivity index (χ1v) is 7.10. The van der Waals surface area contributed by atoms with Crippen LogP contribution in [0.3, 0.4) is 0 Å². The van der Waals surface area contributed by atoms with Gasteiger partial charge >= 0.3 is 0 Å². The fourth-order valence-corrected chi connectivity index (χ4v) is 2.78. The van der Waals surface area contributed by atoms with Crippen molar-refractivity contribution in [3.8, 4) is 6.07 Å². The van der Waals surface area contributed by atoms with Gasteiger partial charge in [-0.1, -0.05) is 32.6 Å². The molecule has 1 fully saturated rings. The van der Waals surface area contributed by atoms with Crippen molar-refractivity contribution in [2.75, 3.05) is 26.3 Å². The van der Waals surface area contributed by atoms with Gasteiger partial charge in [0.15, 0.2) is 12.1 Å². The third-order valence-electron chi connectivity index (χ3n) is 4.21. The van der Waals surface area contributed by atoms with E-state index < -0.39 is 5.41 Å². The van der Waals surface area contributed by atoms with Crippen LogP contribution in [-0.4, -0.2) is 43.8 Å². The Hall–Kier alpha value is -1.28. The molecule has 0 unspecified atom stereocenters. The van der Waals surface area contributed by atoms with Crippen LogP contribution in [0.5, 0.6) is 0 Å². The normalized spacial score (nSPS) is 21.1. The Morgan fingerprint density at radius 3 is 2.79 bits per heavy atom. The minimum Gasteiger partial charge on any atom is -0.377 e. The summed E-state index contributed by atoms with van der Waals surface area (Å²) in [5, 5.41) is 9.15. The Bertz CT molecular complexity index is 424. The molecule has 0 aromatic carbocycles. The SMILES string of the molecule is CCCB(C)C1=CCN(C(=O)C2(C#N)COC2)CC1. The summed E-state index contributed by atoms with van der Waals surface area (Å²) in [4.78, 5) is 14.1. The molecule has 2 aliphatic heterocycles. The summed E-state index contributed by atoms with van der Waals surface area (Å²) < 4.78 is 5.05. The molecule has 0 N–H and O–H groups in total. The van der Waals surface area contributed by atoms with Crippen LogP contribution in [0.2, 0.25) is 13.1 Å². The van der Waals surface area contributed by atoms with Gasteiger partial charge < -0.3 is 9.64 Å². The average Bonchev–Trinajstić information content (AvgIpc) is 2.38. The zero-order valence-corrected chi connectivity index (χ0v) is 11.8. The second kappa shape index (κ2) is 5.79. The van der Waals surface area contributed by atoms with Gasteiger partial charge in [-0.3, -0.25) is 4.79 Å². The van der Waals surface area contributed by atoms with Crippen LogP contribution in [-0.2, 0) is 9.53 Å². The van der Waals surface area contributed by atoms with Gasteiger partial charge in [0.25, 0.3) is 0 Å². The van der Waals surface area contributed by atoms with E-state index in [1.165, 1.54) is 18.2 Å². The van der Waals surface area contributed by atoms with Crippen LogP contribution < -0.4 is 0 Å². The number of carbonyl (C=O) groups is 1. The van der Waals surface area contributed by atoms with E-state index in [2.05, 4.69) is 25.9 Å². The van der Waals surface area contributed by atoms with Gasteiger partial charge in [-0.25, -0.2) is 0 Å². The van der Waals surface area contributed by atoms with Gasteiger partial charge in [0.05, 0.1) is 19.3 Å². The fourth-order valence-electron chi connectivity index (χ4n) is 2.78. The largest absolute Gasteiger partial charge is 0.377 e. The second-order valence-corrected chi connectivity index (χ2v) is 5.66. The third-order valence-corrected chi connectivity index (χ3v) is 4.21. The van der Waals surface area contributed by atoms with Crippen molar-refractivity contribution < 1.29 is 9.53 Å². The zero-order valence-electron chi connectivity index (χ0n) is 11.8. The van der Waals surface area contributed by atoms with E-state index >= 15 is 0 Å². The van der Waals surface area contributed by atoms with E-state index in [0.29, 0.717) is 13.3 Å². The van der Waals surface area contributed by atoms with Crippen LogP contribution in [0, 0.1) is 16.7 Å². The highest BCUT2D eigenvalue weighted by Crippen LogP contribution is 2.30. The molecule has 2 rings (SSSR count). The Kier molecular flexibility index (Phi) is 4.31. The lowest BCUT2D eigenvalue weighted by atomic mass is 9.42. The number of hydrogen-bond acceptors (Lipinski definition) is 3. The number of rotatable bonds is 4. The molecule has 0 aromatic rings. The first kappa shape index (κ1) is 14.1. The molecule has 102 valence electrons. The van der Waals surface area contributed by atoms with Crippen molar-refractivity contribution in [2.45, 2.75) is 32.9 Å². The molecule has 2 aliphatic rings. The Morgan fingerprint density at radius 1 is 1.63 bits per heavy atom. The van der Waals surface area contributed by atoms with Gasteiger partial charge in [0.2, 0.25) is 5.91 Å². The molecule has 0 saturated carbocycles. The van der Waals surface area contributed by atoms with Crippen molar-refractivity contribution in [2.24, 2.45) is 5.41 Å². The third kappa shape index (κ3) is 2.69. The number of nitriles is 1. The summed E-state index contributed by atoms with van der Waals surface area (Å²) >= 11 is 0. The molecule has 0 atom stereocenters. The Morgan fingerprint density at radius 2 is 2.37 bits per heavy atom. The van der Waals surface area contributed by atoms with Crippen LogP contribution in [0.15, 0.2) is 11.5 Å². The number of amides is 1. The maximum Gasteiger partial charge on any atom is 0.248 e. The summed E-state index contributed by atoms with van der Waals surface area (Å²) in [6.07, 6.45) is 5.51. The molecule has 0 aliphatic carbocycles. The maximum absolute atomic E-state index is 12.3. The highest BCUT2D eigenvalue weighted by molar-refractivity contribution is 6.65. The molecular formula is C14H21BN2O2. The summed E-state index contributed by atoms with van der Waals surface area (Å²) in [5.41, 5.74) is 0.558. The summed E-state index contributed by atoms with van der Waals surface area (Å²) in [5.74, 6) is -0.0558. The topological polar surface area (TPSA) is 53.3 Å². The first-order valence-electron chi connectivity index (χ1n) is 7.10. The number of ether oxygens (including phenoxy) is 1. The lowest BCUT2D eigenvalue weighted by molar-refractivity contribution is -0.160. The average molecular weight is 260 g/mol. The van der Waals surface area contributed by atoms with Gasteiger partial charge in [0, 0.05) is 13.1 Å². The molecule has 5 heteroatoms. The minimum absolute atomic E-state index is 0.0558.